The van der Waals surface area contributed by atoms with Crippen molar-refractivity contribution >= 4 is 5.91 Å². The van der Waals surface area contributed by atoms with Crippen LogP contribution in [0.4, 0.5) is 8.78 Å². The van der Waals surface area contributed by atoms with Crippen LogP contribution < -0.4 is 15.2 Å². The number of nitrogens with zero attached hydrogens (tertiary/aromatic N) is 3. The van der Waals surface area contributed by atoms with Gasteiger partial charge in [-0.25, -0.2) is 4.39 Å². The number of aromatic nitrogens is 1. The minimum absolute atomic E-state index is 0.0345. The Morgan fingerprint density at radius 1 is 1.08 bits per heavy atom. The van der Waals surface area contributed by atoms with Crippen LogP contribution in [0.25, 0.3) is 0 Å². The van der Waals surface area contributed by atoms with Gasteiger partial charge in [-0.1, -0.05) is 49.8 Å². The summed E-state index contributed by atoms with van der Waals surface area (Å²) in [4.78, 5) is 27.6. The molecule has 5 rings (SSSR count). The zero-order chi connectivity index (χ0) is 25.4. The van der Waals surface area contributed by atoms with Gasteiger partial charge < -0.3 is 14.7 Å². The van der Waals surface area contributed by atoms with Crippen molar-refractivity contribution in [1.29, 1.82) is 0 Å². The summed E-state index contributed by atoms with van der Waals surface area (Å²) in [7, 11) is 0. The maximum Gasteiger partial charge on any atom is 0.278 e. The Morgan fingerprint density at radius 3 is 2.61 bits per heavy atom. The standard InChI is InChI=1S/C27H25F2N3O4/c1-2-7-18-10-6-15-36-26-19(11-12-20(28)22(26)29)23(17-8-4-3-5-9-17)32-16-30(18)27(35)24-25(34)21(33)13-14-31(24)32/h3-6,8-14,18,23,34H,2,7,15-16H2,1H3/b10-6+/t18-,23-/m0/s1. The molecule has 0 fully saturated rings. The largest absolute Gasteiger partial charge is 0.502 e. The SMILES string of the molecule is CCC[C@H]1/C=C/COc2c(ccc(F)c2F)[C@H](c2ccccc2)N2CN1C(=O)c1c(O)c(=O)ccn12. The number of fused-ring (bicyclic) bond motifs is 5. The van der Waals surface area contributed by atoms with Crippen molar-refractivity contribution in [3.63, 3.8) is 0 Å². The third-order valence-electron chi connectivity index (χ3n) is 6.55. The van der Waals surface area contributed by atoms with E-state index in [4.69, 9.17) is 4.74 Å². The van der Waals surface area contributed by atoms with Crippen molar-refractivity contribution in [3.05, 3.63) is 106 Å². The first-order valence-electron chi connectivity index (χ1n) is 11.8. The zero-order valence-corrected chi connectivity index (χ0v) is 19.6. The lowest BCUT2D eigenvalue weighted by atomic mass is 9.96. The van der Waals surface area contributed by atoms with Crippen LogP contribution in [0.2, 0.25) is 0 Å². The summed E-state index contributed by atoms with van der Waals surface area (Å²) in [5.41, 5.74) is 0.178. The van der Waals surface area contributed by atoms with Crippen LogP contribution in [0.1, 0.15) is 47.4 Å². The summed E-state index contributed by atoms with van der Waals surface area (Å²) in [6.45, 7) is 2.01. The van der Waals surface area contributed by atoms with Crippen LogP contribution in [0.3, 0.4) is 0 Å². The molecule has 1 N–H and O–H groups in total. The molecule has 2 aliphatic heterocycles. The highest BCUT2D eigenvalue weighted by Crippen LogP contribution is 2.39. The number of benzene rings is 2. The minimum Gasteiger partial charge on any atom is -0.502 e. The topological polar surface area (TPSA) is 75.0 Å². The molecule has 2 aliphatic rings. The average Bonchev–Trinajstić information content (AvgIpc) is 2.90. The molecule has 0 spiro atoms. The Morgan fingerprint density at radius 2 is 1.86 bits per heavy atom. The molecule has 0 radical (unpaired) electrons. The van der Waals surface area contributed by atoms with Gasteiger partial charge in [0.2, 0.25) is 11.2 Å². The summed E-state index contributed by atoms with van der Waals surface area (Å²) in [5, 5.41) is 12.4. The molecule has 0 aliphatic carbocycles. The van der Waals surface area contributed by atoms with Crippen LogP contribution in [-0.4, -0.2) is 39.9 Å². The molecule has 186 valence electrons. The fourth-order valence-corrected chi connectivity index (χ4v) is 4.87. The normalized spacial score (nSPS) is 20.1. The molecule has 0 saturated heterocycles. The van der Waals surface area contributed by atoms with Gasteiger partial charge in [0.25, 0.3) is 5.91 Å². The monoisotopic (exact) mass is 493 g/mol. The summed E-state index contributed by atoms with van der Waals surface area (Å²) < 4.78 is 36.6. The number of halogens is 2. The maximum absolute atomic E-state index is 15.1. The Labute approximate surface area is 206 Å². The van der Waals surface area contributed by atoms with Crippen LogP contribution in [-0.2, 0) is 0 Å². The van der Waals surface area contributed by atoms with Gasteiger partial charge in [0.1, 0.15) is 19.3 Å². The number of rotatable bonds is 3. The Bertz CT molecular complexity index is 1390. The van der Waals surface area contributed by atoms with E-state index < -0.39 is 34.8 Å². The molecule has 2 aromatic carbocycles. The third kappa shape index (κ3) is 3.90. The Hall–Kier alpha value is -4.14. The van der Waals surface area contributed by atoms with E-state index in [0.717, 1.165) is 12.5 Å². The van der Waals surface area contributed by atoms with Gasteiger partial charge in [-0.2, -0.15) is 4.39 Å². The Balaban J connectivity index is 1.83. The van der Waals surface area contributed by atoms with Gasteiger partial charge in [-0.15, -0.1) is 0 Å². The molecular weight excluding hydrogens is 468 g/mol. The molecule has 0 saturated carbocycles. The fourth-order valence-electron chi connectivity index (χ4n) is 4.87. The van der Waals surface area contributed by atoms with Gasteiger partial charge in [0.05, 0.1) is 6.04 Å². The van der Waals surface area contributed by atoms with Crippen molar-refractivity contribution in [2.24, 2.45) is 0 Å². The number of carbonyl (C=O) groups excluding carboxylic acids is 1. The van der Waals surface area contributed by atoms with E-state index in [1.54, 1.807) is 22.1 Å². The van der Waals surface area contributed by atoms with E-state index in [0.29, 0.717) is 17.5 Å². The number of pyridine rings is 1. The first-order valence-corrected chi connectivity index (χ1v) is 11.8. The van der Waals surface area contributed by atoms with Crippen molar-refractivity contribution in [2.45, 2.75) is 31.8 Å². The van der Waals surface area contributed by atoms with Crippen molar-refractivity contribution < 1.29 is 23.4 Å². The second-order valence-corrected chi connectivity index (χ2v) is 8.77. The Kier molecular flexibility index (Phi) is 6.22. The maximum atomic E-state index is 15.1. The second kappa shape index (κ2) is 9.49. The fraction of sp³-hybridized carbons (Fsp3) is 0.259. The lowest BCUT2D eigenvalue weighted by Crippen LogP contribution is -2.57. The van der Waals surface area contributed by atoms with E-state index in [-0.39, 0.29) is 30.8 Å². The number of carbonyl (C=O) groups is 1. The van der Waals surface area contributed by atoms with Gasteiger partial charge in [0.15, 0.2) is 23.0 Å². The van der Waals surface area contributed by atoms with Gasteiger partial charge in [0, 0.05) is 17.8 Å². The molecule has 2 bridgehead atoms. The minimum atomic E-state index is -1.11. The number of aromatic hydroxyl groups is 1. The zero-order valence-electron chi connectivity index (χ0n) is 19.6. The summed E-state index contributed by atoms with van der Waals surface area (Å²) in [5.74, 6) is -3.56. The molecular formula is C27H25F2N3O4. The highest BCUT2D eigenvalue weighted by Gasteiger charge is 2.40. The van der Waals surface area contributed by atoms with Gasteiger partial charge in [-0.05, 0) is 30.2 Å². The van der Waals surface area contributed by atoms with Crippen molar-refractivity contribution in [1.82, 2.24) is 9.58 Å². The second-order valence-electron chi connectivity index (χ2n) is 8.77. The third-order valence-corrected chi connectivity index (χ3v) is 6.55. The molecule has 1 aromatic heterocycles. The smallest absolute Gasteiger partial charge is 0.278 e. The first-order chi connectivity index (χ1) is 17.4. The lowest BCUT2D eigenvalue weighted by Gasteiger charge is -2.45. The van der Waals surface area contributed by atoms with Crippen molar-refractivity contribution in [2.75, 3.05) is 18.3 Å². The van der Waals surface area contributed by atoms with Crippen molar-refractivity contribution in [3.8, 4) is 11.5 Å². The van der Waals surface area contributed by atoms with Crippen LogP contribution in [0.15, 0.2) is 71.7 Å². The van der Waals surface area contributed by atoms with Crippen LogP contribution >= 0.6 is 0 Å². The molecule has 3 heterocycles. The van der Waals surface area contributed by atoms with Gasteiger partial charge in [-0.3, -0.25) is 19.3 Å². The summed E-state index contributed by atoms with van der Waals surface area (Å²) in [6, 6.07) is 11.7. The van der Waals surface area contributed by atoms with E-state index >= 15 is 4.39 Å². The van der Waals surface area contributed by atoms with E-state index in [2.05, 4.69) is 0 Å². The van der Waals surface area contributed by atoms with Gasteiger partial charge >= 0.3 is 0 Å². The first kappa shape index (κ1) is 23.6. The lowest BCUT2D eigenvalue weighted by molar-refractivity contribution is 0.0621. The van der Waals surface area contributed by atoms with E-state index in [1.165, 1.54) is 23.0 Å². The molecule has 3 aromatic rings. The number of amides is 1. The summed E-state index contributed by atoms with van der Waals surface area (Å²) >= 11 is 0. The molecule has 7 nitrogen and oxygen atoms in total. The molecule has 0 unspecified atom stereocenters. The predicted molar refractivity (Wildman–Crippen MR) is 130 cm³/mol. The highest BCUT2D eigenvalue weighted by molar-refractivity contribution is 5.96. The number of hydrogen-bond donors (Lipinski definition) is 1. The average molecular weight is 494 g/mol. The molecule has 1 amide bonds. The quantitative estimate of drug-likeness (QED) is 0.557. The van der Waals surface area contributed by atoms with E-state index in [9.17, 15) is 19.1 Å². The highest BCUT2D eigenvalue weighted by atomic mass is 19.2. The molecule has 2 atom stereocenters. The number of hydrogen-bond acceptors (Lipinski definition) is 5. The van der Waals surface area contributed by atoms with E-state index in [1.807, 2.05) is 37.3 Å². The summed E-state index contributed by atoms with van der Waals surface area (Å²) in [6.07, 6.45) is 6.23. The molecule has 36 heavy (non-hydrogen) atoms. The predicted octanol–water partition coefficient (Wildman–Crippen LogP) is 4.09. The van der Waals surface area contributed by atoms with Crippen LogP contribution in [0.5, 0.6) is 11.5 Å². The number of ether oxygens (including phenoxy) is 1. The molecule has 9 heteroatoms. The van der Waals surface area contributed by atoms with Crippen LogP contribution in [0, 0.1) is 11.6 Å².